The molecule has 0 fully saturated rings. The number of aliphatic carboxylic acids is 1. The van der Waals surface area contributed by atoms with E-state index in [2.05, 4.69) is 0 Å². The van der Waals surface area contributed by atoms with Gasteiger partial charge in [-0.1, -0.05) is 0 Å². The Hall–Kier alpha value is -1.16. The van der Waals surface area contributed by atoms with Crippen LogP contribution >= 0.6 is 9.24 Å². The second-order valence-corrected chi connectivity index (χ2v) is 2.59. The van der Waals surface area contributed by atoms with Crippen molar-refractivity contribution in [3.8, 4) is 0 Å². The summed E-state index contributed by atoms with van der Waals surface area (Å²) in [6.45, 7) is 0. The lowest BCUT2D eigenvalue weighted by Crippen LogP contribution is -2.40. The average Bonchev–Trinajstić information content (AvgIpc) is 1.83. The number of primary amides is 1. The van der Waals surface area contributed by atoms with E-state index in [0.29, 0.717) is 0 Å². The maximum absolute atomic E-state index is 10.4. The summed E-state index contributed by atoms with van der Waals surface area (Å²) in [4.78, 5) is 31.0. The van der Waals surface area contributed by atoms with Crippen LogP contribution in [-0.4, -0.2) is 28.7 Å². The Kier molecular flexibility index (Phi) is 4.21. The van der Waals surface area contributed by atoms with Crippen LogP contribution in [0.2, 0.25) is 0 Å². The van der Waals surface area contributed by atoms with Crippen LogP contribution in [-0.2, 0) is 9.59 Å². The number of rotatable bonds is 4. The minimum Gasteiger partial charge on any atom is -0.480 e. The van der Waals surface area contributed by atoms with Crippen LogP contribution in [0.15, 0.2) is 0 Å². The quantitative estimate of drug-likeness (QED) is 0.491. The lowest BCUT2D eigenvalue weighted by Gasteiger charge is -2.09. The summed E-state index contributed by atoms with van der Waals surface area (Å²) in [5, 5.41) is 10.5. The van der Waals surface area contributed by atoms with E-state index >= 15 is 0 Å². The molecule has 0 radical (unpaired) electrons. The van der Waals surface area contributed by atoms with Gasteiger partial charge in [-0.25, -0.2) is 4.79 Å². The van der Waals surface area contributed by atoms with E-state index in [0.717, 1.165) is 0 Å². The molecule has 0 aliphatic rings. The summed E-state index contributed by atoms with van der Waals surface area (Å²) in [6, 6.07) is -1.24. The summed E-state index contributed by atoms with van der Waals surface area (Å²) in [5.74, 6) is -2.06. The van der Waals surface area contributed by atoms with Crippen LogP contribution < -0.4 is 11.1 Å². The first kappa shape index (κ1) is 10.8. The number of carbonyl (C=O) groups excluding carboxylic acids is 2. The Morgan fingerprint density at radius 1 is 1.50 bits per heavy atom. The van der Waals surface area contributed by atoms with Gasteiger partial charge < -0.3 is 16.2 Å². The molecule has 7 heteroatoms. The Bertz CT molecular complexity index is 201. The molecule has 0 aliphatic carbocycles. The topological polar surface area (TPSA) is 109 Å². The highest BCUT2D eigenvalue weighted by molar-refractivity contribution is 7.39. The molecule has 0 aromatic rings. The van der Waals surface area contributed by atoms with Crippen LogP contribution in [0.1, 0.15) is 6.42 Å². The molecule has 0 saturated carbocycles. The maximum atomic E-state index is 10.4. The SMILES string of the molecule is NC(=O)C[C@H](NC(=O)P)C(=O)O. The van der Waals surface area contributed by atoms with Gasteiger partial charge in [0.2, 0.25) is 11.6 Å². The number of hydrogen-bond donors (Lipinski definition) is 3. The molecule has 2 amide bonds. The third-order valence-electron chi connectivity index (χ3n) is 1.02. The van der Waals surface area contributed by atoms with E-state index in [-0.39, 0.29) is 0 Å². The first-order valence-corrected chi connectivity index (χ1v) is 3.58. The van der Waals surface area contributed by atoms with E-state index in [1.165, 1.54) is 0 Å². The molecule has 1 unspecified atom stereocenters. The summed E-state index contributed by atoms with van der Waals surface area (Å²) < 4.78 is 0. The van der Waals surface area contributed by atoms with Gasteiger partial charge in [0.05, 0.1) is 6.42 Å². The number of hydrogen-bond acceptors (Lipinski definition) is 3. The lowest BCUT2D eigenvalue weighted by molar-refractivity contribution is -0.140. The van der Waals surface area contributed by atoms with Gasteiger partial charge in [-0.15, -0.1) is 0 Å². The number of nitrogens with two attached hydrogens (primary N) is 1. The molecule has 2 atom stereocenters. The molecule has 6 nitrogen and oxygen atoms in total. The van der Waals surface area contributed by atoms with Crippen LogP contribution in [0.4, 0.5) is 4.79 Å². The fourth-order valence-corrected chi connectivity index (χ4v) is 0.774. The van der Waals surface area contributed by atoms with Gasteiger partial charge in [-0.05, 0) is 9.24 Å². The predicted octanol–water partition coefficient (Wildman–Crippen LogP) is -1.10. The molecule has 68 valence electrons. The molecular weight excluding hydrogens is 183 g/mol. The maximum Gasteiger partial charge on any atom is 0.326 e. The summed E-state index contributed by atoms with van der Waals surface area (Å²) in [5.41, 5.74) is 4.15. The first-order chi connectivity index (χ1) is 5.43. The third kappa shape index (κ3) is 4.62. The number of carboxylic acid groups (broad SMARTS) is 1. The monoisotopic (exact) mass is 192 g/mol. The molecule has 0 aromatic heterocycles. The molecule has 0 saturated heterocycles. The van der Waals surface area contributed by atoms with Crippen molar-refractivity contribution in [2.45, 2.75) is 12.5 Å². The number of carbonyl (C=O) groups is 3. The van der Waals surface area contributed by atoms with Crippen LogP contribution in [0.5, 0.6) is 0 Å². The molecule has 0 heterocycles. The van der Waals surface area contributed by atoms with Crippen molar-refractivity contribution in [1.29, 1.82) is 0 Å². The van der Waals surface area contributed by atoms with E-state index in [1.54, 1.807) is 9.24 Å². The van der Waals surface area contributed by atoms with E-state index in [9.17, 15) is 14.4 Å². The molecule has 4 N–H and O–H groups in total. The number of amides is 2. The second-order valence-electron chi connectivity index (χ2n) is 2.07. The lowest BCUT2D eigenvalue weighted by atomic mass is 10.2. The van der Waals surface area contributed by atoms with Crippen molar-refractivity contribution in [3.05, 3.63) is 0 Å². The fourth-order valence-electron chi connectivity index (χ4n) is 0.573. The molecule has 0 bridgehead atoms. The van der Waals surface area contributed by atoms with Crippen LogP contribution in [0.25, 0.3) is 0 Å². The average molecular weight is 192 g/mol. The second kappa shape index (κ2) is 4.66. The largest absolute Gasteiger partial charge is 0.480 e. The third-order valence-corrected chi connectivity index (χ3v) is 1.19. The zero-order chi connectivity index (χ0) is 9.72. The number of nitrogens with one attached hydrogen (secondary N) is 1. The van der Waals surface area contributed by atoms with Crippen molar-refractivity contribution < 1.29 is 19.5 Å². The molecular formula is C5H9N2O4P. The fraction of sp³-hybridized carbons (Fsp3) is 0.400. The van der Waals surface area contributed by atoms with Crippen molar-refractivity contribution in [3.63, 3.8) is 0 Å². The highest BCUT2D eigenvalue weighted by Crippen LogP contribution is 1.94. The van der Waals surface area contributed by atoms with Gasteiger partial charge in [0.15, 0.2) is 0 Å². The Morgan fingerprint density at radius 3 is 2.25 bits per heavy atom. The zero-order valence-electron chi connectivity index (χ0n) is 6.11. The summed E-state index contributed by atoms with van der Waals surface area (Å²) in [7, 11) is 1.74. The Morgan fingerprint density at radius 2 is 2.00 bits per heavy atom. The molecule has 12 heavy (non-hydrogen) atoms. The Balaban J connectivity index is 4.14. The van der Waals surface area contributed by atoms with Gasteiger partial charge in [0.25, 0.3) is 0 Å². The molecule has 0 rings (SSSR count). The van der Waals surface area contributed by atoms with E-state index in [1.807, 2.05) is 5.32 Å². The minimum atomic E-state index is -1.29. The summed E-state index contributed by atoms with van der Waals surface area (Å²) in [6.07, 6.45) is -0.407. The highest BCUT2D eigenvalue weighted by atomic mass is 31.0. The standard InChI is InChI=1S/C5H9N2O4P/c6-3(8)1-2(4(9)10)7-5(11)12/h2H,1,12H2,(H2,6,8)(H,7,11)(H,9,10)/t2-/m0/s1. The van der Waals surface area contributed by atoms with E-state index in [4.69, 9.17) is 10.8 Å². The van der Waals surface area contributed by atoms with Crippen molar-refractivity contribution in [2.75, 3.05) is 0 Å². The minimum absolute atomic E-state index is 0.407. The van der Waals surface area contributed by atoms with Crippen LogP contribution in [0.3, 0.4) is 0 Å². The molecule has 0 spiro atoms. The smallest absolute Gasteiger partial charge is 0.326 e. The zero-order valence-corrected chi connectivity index (χ0v) is 7.27. The Labute approximate surface area is 70.7 Å². The highest BCUT2D eigenvalue weighted by Gasteiger charge is 2.20. The van der Waals surface area contributed by atoms with E-state index < -0.39 is 30.0 Å². The normalized spacial score (nSPS) is 11.8. The van der Waals surface area contributed by atoms with Gasteiger partial charge in [-0.3, -0.25) is 9.59 Å². The summed E-state index contributed by atoms with van der Waals surface area (Å²) >= 11 is 0. The van der Waals surface area contributed by atoms with Crippen LogP contribution in [0, 0.1) is 0 Å². The van der Waals surface area contributed by atoms with Gasteiger partial charge in [0.1, 0.15) is 6.04 Å². The van der Waals surface area contributed by atoms with Crippen molar-refractivity contribution >= 4 is 26.8 Å². The molecule has 0 aliphatic heterocycles. The number of carboxylic acids is 1. The van der Waals surface area contributed by atoms with Gasteiger partial charge in [0, 0.05) is 0 Å². The molecule has 0 aromatic carbocycles. The predicted molar refractivity (Wildman–Crippen MR) is 43.5 cm³/mol. The first-order valence-electron chi connectivity index (χ1n) is 3.00. The van der Waals surface area contributed by atoms with Gasteiger partial charge in [-0.2, -0.15) is 0 Å². The van der Waals surface area contributed by atoms with Crippen molar-refractivity contribution in [2.24, 2.45) is 5.73 Å². The van der Waals surface area contributed by atoms with Crippen molar-refractivity contribution in [1.82, 2.24) is 5.32 Å². The van der Waals surface area contributed by atoms with Gasteiger partial charge >= 0.3 is 5.97 Å².